The summed E-state index contributed by atoms with van der Waals surface area (Å²) >= 11 is 1.50. The summed E-state index contributed by atoms with van der Waals surface area (Å²) in [6, 6.07) is 15.0. The molecule has 188 valence electrons. The van der Waals surface area contributed by atoms with Crippen molar-refractivity contribution < 1.29 is 13.2 Å². The Morgan fingerprint density at radius 3 is 2.53 bits per heavy atom. The molecule has 0 unspecified atom stereocenters. The number of ether oxygens (including phenoxy) is 1. The van der Waals surface area contributed by atoms with Gasteiger partial charge in [0.1, 0.15) is 5.75 Å². The van der Waals surface area contributed by atoms with Gasteiger partial charge >= 0.3 is 0 Å². The minimum Gasteiger partial charge on any atom is -0.494 e. The van der Waals surface area contributed by atoms with Gasteiger partial charge in [-0.25, -0.2) is 13.4 Å². The zero-order chi connectivity index (χ0) is 25.1. The van der Waals surface area contributed by atoms with Crippen LogP contribution in [0.1, 0.15) is 0 Å². The van der Waals surface area contributed by atoms with Gasteiger partial charge in [0.15, 0.2) is 5.82 Å². The molecule has 1 saturated heterocycles. The molecule has 5 rings (SSSR count). The lowest BCUT2D eigenvalue weighted by atomic mass is 10.2. The van der Waals surface area contributed by atoms with Gasteiger partial charge in [-0.3, -0.25) is 4.72 Å². The monoisotopic (exact) mass is 525 g/mol. The zero-order valence-electron chi connectivity index (χ0n) is 19.9. The van der Waals surface area contributed by atoms with Crippen LogP contribution in [0.5, 0.6) is 5.75 Å². The van der Waals surface area contributed by atoms with Crippen molar-refractivity contribution in [1.29, 1.82) is 0 Å². The first-order valence-electron chi connectivity index (χ1n) is 11.4. The standard InChI is InChI=1S/C24H27N7O3S2/c1-34-21-15-16(31-12-10-25-11-13-31)7-8-19(21)27-24-28-20-9-14-35-22(20)23(29-24)26-17-5-3-4-6-18(17)30-36(2,32)33/h3-9,14-15,25,30H,10-13H2,1-2H3,(H2,26,27,28,29). The highest BCUT2D eigenvalue weighted by atomic mass is 32.2. The molecule has 12 heteroatoms. The number of hydrogen-bond donors (Lipinski definition) is 4. The molecule has 0 spiro atoms. The van der Waals surface area contributed by atoms with E-state index in [4.69, 9.17) is 9.72 Å². The smallest absolute Gasteiger partial charge is 0.229 e. The van der Waals surface area contributed by atoms with E-state index in [0.29, 0.717) is 28.9 Å². The van der Waals surface area contributed by atoms with Crippen molar-refractivity contribution in [3.05, 3.63) is 53.9 Å². The maximum atomic E-state index is 11.8. The van der Waals surface area contributed by atoms with E-state index in [-0.39, 0.29) is 0 Å². The van der Waals surface area contributed by atoms with E-state index in [0.717, 1.165) is 54.0 Å². The summed E-state index contributed by atoms with van der Waals surface area (Å²) in [7, 11) is -1.80. The Labute approximate surface area is 213 Å². The van der Waals surface area contributed by atoms with Gasteiger partial charge in [0.05, 0.1) is 40.6 Å². The van der Waals surface area contributed by atoms with Crippen LogP contribution in [0.25, 0.3) is 10.2 Å². The molecule has 1 aliphatic rings. The first-order valence-corrected chi connectivity index (χ1v) is 14.2. The van der Waals surface area contributed by atoms with E-state index in [2.05, 4.69) is 36.6 Å². The Morgan fingerprint density at radius 1 is 1.00 bits per heavy atom. The van der Waals surface area contributed by atoms with Crippen LogP contribution in [0.3, 0.4) is 0 Å². The quantitative estimate of drug-likeness (QED) is 0.271. The lowest BCUT2D eigenvalue weighted by molar-refractivity contribution is 0.416. The van der Waals surface area contributed by atoms with E-state index < -0.39 is 10.0 Å². The highest BCUT2D eigenvalue weighted by Crippen LogP contribution is 2.35. The number of aromatic nitrogens is 2. The molecule has 0 radical (unpaired) electrons. The molecule has 0 atom stereocenters. The second-order valence-corrected chi connectivity index (χ2v) is 11.0. The van der Waals surface area contributed by atoms with Gasteiger partial charge in [-0.2, -0.15) is 4.98 Å². The minimum atomic E-state index is -3.45. The van der Waals surface area contributed by atoms with Crippen LogP contribution in [0.15, 0.2) is 53.9 Å². The Morgan fingerprint density at radius 2 is 1.78 bits per heavy atom. The molecular formula is C24H27N7O3S2. The van der Waals surface area contributed by atoms with Gasteiger partial charge < -0.3 is 25.6 Å². The van der Waals surface area contributed by atoms with Crippen LogP contribution in [0, 0.1) is 0 Å². The largest absolute Gasteiger partial charge is 0.494 e. The van der Waals surface area contributed by atoms with Gasteiger partial charge in [0.25, 0.3) is 0 Å². The van der Waals surface area contributed by atoms with Crippen molar-refractivity contribution in [3.8, 4) is 5.75 Å². The fourth-order valence-electron chi connectivity index (χ4n) is 4.04. The van der Waals surface area contributed by atoms with E-state index in [1.165, 1.54) is 11.3 Å². The number of methoxy groups -OCH3 is 1. The van der Waals surface area contributed by atoms with E-state index in [9.17, 15) is 8.42 Å². The van der Waals surface area contributed by atoms with Crippen molar-refractivity contribution in [1.82, 2.24) is 15.3 Å². The summed E-state index contributed by atoms with van der Waals surface area (Å²) in [6.45, 7) is 3.79. The highest BCUT2D eigenvalue weighted by Gasteiger charge is 2.16. The number of hydrogen-bond acceptors (Lipinski definition) is 10. The van der Waals surface area contributed by atoms with Gasteiger partial charge in [-0.15, -0.1) is 11.3 Å². The molecule has 4 aromatic rings. The number of sulfonamides is 1. The molecule has 1 fully saturated rings. The normalized spacial score (nSPS) is 14.0. The third kappa shape index (κ3) is 5.45. The molecule has 3 heterocycles. The average Bonchev–Trinajstić information content (AvgIpc) is 3.34. The number of nitrogens with zero attached hydrogens (tertiary/aromatic N) is 3. The number of fused-ring (bicyclic) bond motifs is 1. The van der Waals surface area contributed by atoms with Crippen LogP contribution in [0.4, 0.5) is 34.5 Å². The summed E-state index contributed by atoms with van der Waals surface area (Å²) in [5.41, 5.74) is 3.63. The molecule has 2 aromatic carbocycles. The second-order valence-electron chi connectivity index (χ2n) is 8.32. The lowest BCUT2D eigenvalue weighted by Gasteiger charge is -2.30. The van der Waals surface area contributed by atoms with Crippen LogP contribution >= 0.6 is 11.3 Å². The van der Waals surface area contributed by atoms with Crippen molar-refractivity contribution in [2.75, 3.05) is 59.8 Å². The predicted octanol–water partition coefficient (Wildman–Crippen LogP) is 3.97. The number of piperazine rings is 1. The number of benzene rings is 2. The van der Waals surface area contributed by atoms with E-state index >= 15 is 0 Å². The number of rotatable bonds is 8. The van der Waals surface area contributed by atoms with Crippen molar-refractivity contribution in [2.45, 2.75) is 0 Å². The first-order chi connectivity index (χ1) is 17.4. The van der Waals surface area contributed by atoms with Crippen LogP contribution in [0.2, 0.25) is 0 Å². The fourth-order valence-corrected chi connectivity index (χ4v) is 5.39. The first kappa shape index (κ1) is 24.1. The fraction of sp³-hybridized carbons (Fsp3) is 0.250. The third-order valence-electron chi connectivity index (χ3n) is 5.69. The maximum absolute atomic E-state index is 11.8. The van der Waals surface area contributed by atoms with Crippen molar-refractivity contribution >= 4 is 66.1 Å². The Balaban J connectivity index is 1.46. The lowest BCUT2D eigenvalue weighted by Crippen LogP contribution is -2.43. The van der Waals surface area contributed by atoms with E-state index in [1.54, 1.807) is 25.3 Å². The summed E-state index contributed by atoms with van der Waals surface area (Å²) in [6.07, 6.45) is 1.12. The van der Waals surface area contributed by atoms with Crippen LogP contribution < -0.4 is 30.3 Å². The minimum absolute atomic E-state index is 0.394. The van der Waals surface area contributed by atoms with E-state index in [1.807, 2.05) is 29.6 Å². The summed E-state index contributed by atoms with van der Waals surface area (Å²) in [5.74, 6) is 1.65. The van der Waals surface area contributed by atoms with Crippen molar-refractivity contribution in [2.24, 2.45) is 0 Å². The highest BCUT2D eigenvalue weighted by molar-refractivity contribution is 7.92. The van der Waals surface area contributed by atoms with Crippen LogP contribution in [-0.2, 0) is 10.0 Å². The zero-order valence-corrected chi connectivity index (χ0v) is 21.5. The molecule has 0 aliphatic carbocycles. The van der Waals surface area contributed by atoms with Gasteiger partial charge in [-0.05, 0) is 35.7 Å². The molecule has 4 N–H and O–H groups in total. The molecule has 1 aliphatic heterocycles. The average molecular weight is 526 g/mol. The number of anilines is 6. The van der Waals surface area contributed by atoms with Gasteiger partial charge in [0.2, 0.25) is 16.0 Å². The van der Waals surface area contributed by atoms with Crippen LogP contribution in [-0.4, -0.2) is 57.9 Å². The Bertz CT molecular complexity index is 1480. The van der Waals surface area contributed by atoms with Gasteiger partial charge in [0, 0.05) is 37.9 Å². The predicted molar refractivity (Wildman–Crippen MR) is 147 cm³/mol. The topological polar surface area (TPSA) is 121 Å². The molecular weight excluding hydrogens is 498 g/mol. The number of para-hydroxylation sites is 2. The van der Waals surface area contributed by atoms with Gasteiger partial charge in [-0.1, -0.05) is 12.1 Å². The molecule has 0 bridgehead atoms. The molecule has 10 nitrogen and oxygen atoms in total. The molecule has 36 heavy (non-hydrogen) atoms. The SMILES string of the molecule is COc1cc(N2CCNCC2)ccc1Nc1nc(Nc2ccccc2NS(C)(=O)=O)c2sccc2n1. The summed E-state index contributed by atoms with van der Waals surface area (Å²) < 4.78 is 32.7. The summed E-state index contributed by atoms with van der Waals surface area (Å²) in [4.78, 5) is 11.7. The molecule has 0 amide bonds. The number of thiophene rings is 1. The Hall–Kier alpha value is -3.61. The number of nitrogens with one attached hydrogen (secondary N) is 4. The molecule has 2 aromatic heterocycles. The Kier molecular flexibility index (Phi) is 6.81. The van der Waals surface area contributed by atoms with Crippen molar-refractivity contribution in [3.63, 3.8) is 0 Å². The third-order valence-corrected chi connectivity index (χ3v) is 7.19. The summed E-state index contributed by atoms with van der Waals surface area (Å²) in [5, 5.41) is 11.9. The maximum Gasteiger partial charge on any atom is 0.229 e. The second kappa shape index (κ2) is 10.2. The molecule has 0 saturated carbocycles.